The fourth-order valence-corrected chi connectivity index (χ4v) is 3.62. The third-order valence-electron chi connectivity index (χ3n) is 2.89. The summed E-state index contributed by atoms with van der Waals surface area (Å²) >= 11 is 5.24. The van der Waals surface area contributed by atoms with Crippen molar-refractivity contribution in [2.45, 2.75) is 32.9 Å². The van der Waals surface area contributed by atoms with Crippen LogP contribution in [0.2, 0.25) is 0 Å². The van der Waals surface area contributed by atoms with Gasteiger partial charge in [0, 0.05) is 15.9 Å². The lowest BCUT2D eigenvalue weighted by atomic mass is 10.1. The molecule has 0 aliphatic heterocycles. The normalized spacial score (nSPS) is 12.9. The zero-order valence-corrected chi connectivity index (χ0v) is 12.9. The van der Waals surface area contributed by atoms with Gasteiger partial charge in [0.15, 0.2) is 0 Å². The largest absolute Gasteiger partial charge is 0.270 e. The van der Waals surface area contributed by atoms with Gasteiger partial charge in [-0.15, -0.1) is 11.3 Å². The first kappa shape index (κ1) is 13.7. The third kappa shape index (κ3) is 2.51. The lowest BCUT2D eigenvalue weighted by Crippen LogP contribution is -2.30. The maximum Gasteiger partial charge on any atom is 0.0981 e. The fourth-order valence-electron chi connectivity index (χ4n) is 1.95. The summed E-state index contributed by atoms with van der Waals surface area (Å²) in [6, 6.07) is 4.14. The number of hydrogen-bond acceptors (Lipinski definition) is 4. The minimum atomic E-state index is -0.0212. The zero-order chi connectivity index (χ0) is 13.1. The third-order valence-corrected chi connectivity index (χ3v) is 4.83. The molecule has 3 N–H and O–H groups in total. The molecular formula is C12H17BrN4S. The van der Waals surface area contributed by atoms with Crippen LogP contribution < -0.4 is 11.3 Å². The molecule has 1 unspecified atom stereocenters. The molecule has 1 atom stereocenters. The number of nitrogens with two attached hydrogens (primary N) is 1. The van der Waals surface area contributed by atoms with Crippen molar-refractivity contribution in [2.75, 3.05) is 0 Å². The van der Waals surface area contributed by atoms with E-state index in [1.54, 1.807) is 11.3 Å². The minimum Gasteiger partial charge on any atom is -0.270 e. The summed E-state index contributed by atoms with van der Waals surface area (Å²) in [7, 11) is 0. The van der Waals surface area contributed by atoms with Gasteiger partial charge >= 0.3 is 0 Å². The van der Waals surface area contributed by atoms with E-state index in [1.165, 1.54) is 4.88 Å². The Labute approximate surface area is 119 Å². The van der Waals surface area contributed by atoms with E-state index in [4.69, 9.17) is 5.84 Å². The van der Waals surface area contributed by atoms with Crippen molar-refractivity contribution in [3.05, 3.63) is 38.3 Å². The molecule has 0 aliphatic carbocycles. The van der Waals surface area contributed by atoms with Crippen molar-refractivity contribution < 1.29 is 0 Å². The summed E-state index contributed by atoms with van der Waals surface area (Å²) in [5, 5.41) is 6.62. The predicted octanol–water partition coefficient (Wildman–Crippen LogP) is 2.84. The Kier molecular flexibility index (Phi) is 4.55. The Bertz CT molecular complexity index is 520. The van der Waals surface area contributed by atoms with E-state index < -0.39 is 0 Å². The van der Waals surface area contributed by atoms with Crippen molar-refractivity contribution in [3.8, 4) is 0 Å². The Hall–Kier alpha value is -0.690. The first-order valence-electron chi connectivity index (χ1n) is 5.96. The second-order valence-corrected chi connectivity index (χ2v) is 5.76. The highest BCUT2D eigenvalue weighted by molar-refractivity contribution is 9.10. The molecule has 2 heterocycles. The highest BCUT2D eigenvalue weighted by atomic mass is 79.9. The van der Waals surface area contributed by atoms with E-state index in [0.29, 0.717) is 0 Å². The molecule has 2 rings (SSSR count). The van der Waals surface area contributed by atoms with Crippen LogP contribution in [0.5, 0.6) is 0 Å². The SMILES string of the molecule is CCc1cc(C(NN)c2sccc2Br)n(CC)n1. The molecule has 0 aliphatic rings. The van der Waals surface area contributed by atoms with Gasteiger partial charge in [0.05, 0.1) is 17.4 Å². The van der Waals surface area contributed by atoms with Gasteiger partial charge in [0.1, 0.15) is 0 Å². The lowest BCUT2D eigenvalue weighted by molar-refractivity contribution is 0.545. The smallest absolute Gasteiger partial charge is 0.0981 e. The number of hydrazine groups is 1. The number of nitrogens with one attached hydrogen (secondary N) is 1. The Morgan fingerprint density at radius 2 is 2.33 bits per heavy atom. The van der Waals surface area contributed by atoms with Gasteiger partial charge in [-0.25, -0.2) is 5.43 Å². The van der Waals surface area contributed by atoms with Crippen molar-refractivity contribution in [2.24, 2.45) is 5.84 Å². The molecule has 2 aromatic rings. The summed E-state index contributed by atoms with van der Waals surface area (Å²) in [5.74, 6) is 5.73. The van der Waals surface area contributed by atoms with E-state index in [1.807, 2.05) is 10.7 Å². The molecule has 0 saturated heterocycles. The van der Waals surface area contributed by atoms with Crippen LogP contribution in [0.25, 0.3) is 0 Å². The van der Waals surface area contributed by atoms with Gasteiger partial charge in [-0.2, -0.15) is 5.10 Å². The molecule has 0 fully saturated rings. The van der Waals surface area contributed by atoms with Crippen molar-refractivity contribution in [1.82, 2.24) is 15.2 Å². The van der Waals surface area contributed by atoms with Crippen LogP contribution in [0.15, 0.2) is 22.0 Å². The summed E-state index contributed by atoms with van der Waals surface area (Å²) in [4.78, 5) is 1.18. The standard InChI is InChI=1S/C12H17BrN4S/c1-3-8-7-10(17(4-2)16-8)11(15-14)12-9(13)5-6-18-12/h5-7,11,15H,3-4,14H2,1-2H3. The zero-order valence-electron chi connectivity index (χ0n) is 10.5. The van der Waals surface area contributed by atoms with Gasteiger partial charge in [-0.05, 0) is 46.8 Å². The molecule has 0 radical (unpaired) electrons. The summed E-state index contributed by atoms with van der Waals surface area (Å²) < 4.78 is 3.09. The Balaban J connectivity index is 2.44. The van der Waals surface area contributed by atoms with Crippen LogP contribution in [-0.2, 0) is 13.0 Å². The second-order valence-electron chi connectivity index (χ2n) is 3.96. The molecule has 0 saturated carbocycles. The van der Waals surface area contributed by atoms with Crippen LogP contribution in [0.1, 0.15) is 36.2 Å². The van der Waals surface area contributed by atoms with E-state index in [2.05, 4.69) is 51.7 Å². The molecule has 6 heteroatoms. The molecular weight excluding hydrogens is 312 g/mol. The van der Waals surface area contributed by atoms with E-state index in [0.717, 1.165) is 28.8 Å². The van der Waals surface area contributed by atoms with E-state index >= 15 is 0 Å². The molecule has 0 aromatic carbocycles. The van der Waals surface area contributed by atoms with Gasteiger partial charge in [0.25, 0.3) is 0 Å². The highest BCUT2D eigenvalue weighted by Crippen LogP contribution is 2.33. The van der Waals surface area contributed by atoms with Gasteiger partial charge in [0.2, 0.25) is 0 Å². The number of halogens is 1. The molecule has 98 valence electrons. The monoisotopic (exact) mass is 328 g/mol. The van der Waals surface area contributed by atoms with Crippen LogP contribution in [0, 0.1) is 0 Å². The Morgan fingerprint density at radius 1 is 1.56 bits per heavy atom. The minimum absolute atomic E-state index is 0.0212. The molecule has 18 heavy (non-hydrogen) atoms. The highest BCUT2D eigenvalue weighted by Gasteiger charge is 2.21. The molecule has 0 bridgehead atoms. The van der Waals surface area contributed by atoms with Crippen LogP contribution >= 0.6 is 27.3 Å². The quantitative estimate of drug-likeness (QED) is 0.655. The number of nitrogens with zero attached hydrogens (tertiary/aromatic N) is 2. The van der Waals surface area contributed by atoms with Crippen LogP contribution in [-0.4, -0.2) is 9.78 Å². The van der Waals surface area contributed by atoms with E-state index in [-0.39, 0.29) is 6.04 Å². The second kappa shape index (κ2) is 5.97. The van der Waals surface area contributed by atoms with Crippen LogP contribution in [0.3, 0.4) is 0 Å². The van der Waals surface area contributed by atoms with Crippen molar-refractivity contribution in [3.63, 3.8) is 0 Å². The van der Waals surface area contributed by atoms with Gasteiger partial charge < -0.3 is 0 Å². The average Bonchev–Trinajstić information content (AvgIpc) is 2.98. The summed E-state index contributed by atoms with van der Waals surface area (Å²) in [6.07, 6.45) is 0.933. The van der Waals surface area contributed by atoms with Crippen molar-refractivity contribution in [1.29, 1.82) is 0 Å². The predicted molar refractivity (Wildman–Crippen MR) is 78.5 cm³/mol. The van der Waals surface area contributed by atoms with Gasteiger partial charge in [-0.1, -0.05) is 6.92 Å². The fraction of sp³-hybridized carbons (Fsp3) is 0.417. The van der Waals surface area contributed by atoms with E-state index in [9.17, 15) is 0 Å². The lowest BCUT2D eigenvalue weighted by Gasteiger charge is -2.16. The maximum absolute atomic E-state index is 5.73. The summed E-state index contributed by atoms with van der Waals surface area (Å²) in [5.41, 5.74) is 5.10. The van der Waals surface area contributed by atoms with Crippen LogP contribution in [0.4, 0.5) is 0 Å². The number of thiophene rings is 1. The number of rotatable bonds is 5. The first-order valence-corrected chi connectivity index (χ1v) is 7.64. The van der Waals surface area contributed by atoms with Crippen molar-refractivity contribution >= 4 is 27.3 Å². The topological polar surface area (TPSA) is 55.9 Å². The number of hydrogen-bond donors (Lipinski definition) is 2. The first-order chi connectivity index (χ1) is 8.71. The average molecular weight is 329 g/mol. The molecule has 2 aromatic heterocycles. The Morgan fingerprint density at radius 3 is 2.83 bits per heavy atom. The maximum atomic E-state index is 5.73. The molecule has 4 nitrogen and oxygen atoms in total. The molecule has 0 spiro atoms. The number of aromatic nitrogens is 2. The molecule has 0 amide bonds. The van der Waals surface area contributed by atoms with Gasteiger partial charge in [-0.3, -0.25) is 10.5 Å². The summed E-state index contributed by atoms with van der Waals surface area (Å²) in [6.45, 7) is 5.04. The number of aryl methyl sites for hydroxylation is 2.